The molecule has 0 bridgehead atoms. The van der Waals surface area contributed by atoms with Crippen molar-refractivity contribution in [3.63, 3.8) is 0 Å². The summed E-state index contributed by atoms with van der Waals surface area (Å²) in [4.78, 5) is 2.00. The summed E-state index contributed by atoms with van der Waals surface area (Å²) in [6.07, 6.45) is 0. The van der Waals surface area contributed by atoms with Crippen molar-refractivity contribution in [1.82, 2.24) is 0 Å². The molecule has 0 spiro atoms. The van der Waals surface area contributed by atoms with E-state index >= 15 is 0 Å². The number of benzene rings is 1. The van der Waals surface area contributed by atoms with Crippen LogP contribution in [0.2, 0.25) is 0 Å². The van der Waals surface area contributed by atoms with Crippen LogP contribution in [-0.4, -0.2) is 33.0 Å². The second-order valence-corrected chi connectivity index (χ2v) is 6.10. The molecule has 1 aromatic rings. The van der Waals surface area contributed by atoms with Crippen molar-refractivity contribution in [2.45, 2.75) is 0 Å². The molecule has 0 aliphatic carbocycles. The molecule has 1 fully saturated rings. The van der Waals surface area contributed by atoms with E-state index in [1.165, 1.54) is 0 Å². The number of rotatable bonds is 1. The van der Waals surface area contributed by atoms with Crippen molar-refractivity contribution >= 4 is 15.5 Å². The van der Waals surface area contributed by atoms with E-state index < -0.39 is 9.84 Å². The summed E-state index contributed by atoms with van der Waals surface area (Å²) < 4.78 is 22.5. The fourth-order valence-corrected chi connectivity index (χ4v) is 2.94. The first-order chi connectivity index (χ1) is 7.61. The van der Waals surface area contributed by atoms with Crippen LogP contribution in [0.1, 0.15) is 5.56 Å². The maximum atomic E-state index is 11.3. The minimum Gasteiger partial charge on any atom is -0.369 e. The van der Waals surface area contributed by atoms with E-state index in [0.29, 0.717) is 18.7 Å². The summed E-state index contributed by atoms with van der Waals surface area (Å²) >= 11 is 0. The minimum atomic E-state index is -2.85. The highest BCUT2D eigenvalue weighted by Crippen LogP contribution is 2.18. The molecule has 0 unspecified atom stereocenters. The van der Waals surface area contributed by atoms with Crippen LogP contribution < -0.4 is 4.90 Å². The largest absolute Gasteiger partial charge is 0.369 e. The van der Waals surface area contributed by atoms with Gasteiger partial charge in [0.1, 0.15) is 0 Å². The van der Waals surface area contributed by atoms with Gasteiger partial charge in [0.15, 0.2) is 9.84 Å². The summed E-state index contributed by atoms with van der Waals surface area (Å²) in [7, 11) is -2.85. The molecule has 1 aliphatic heterocycles. The van der Waals surface area contributed by atoms with Crippen LogP contribution in [0.4, 0.5) is 5.69 Å². The third-order valence-corrected chi connectivity index (χ3v) is 4.29. The van der Waals surface area contributed by atoms with E-state index in [-0.39, 0.29) is 11.5 Å². The topological polar surface area (TPSA) is 61.2 Å². The number of anilines is 1. The van der Waals surface area contributed by atoms with Crippen molar-refractivity contribution in [1.29, 1.82) is 5.26 Å². The monoisotopic (exact) mass is 236 g/mol. The minimum absolute atomic E-state index is 0.198. The van der Waals surface area contributed by atoms with Crippen LogP contribution in [-0.2, 0) is 9.84 Å². The summed E-state index contributed by atoms with van der Waals surface area (Å²) in [6, 6.07) is 9.33. The Bertz CT molecular complexity index is 517. The van der Waals surface area contributed by atoms with E-state index in [0.717, 1.165) is 5.69 Å². The molecule has 1 saturated heterocycles. The molecule has 0 radical (unpaired) electrons. The lowest BCUT2D eigenvalue weighted by molar-refractivity contribution is 0.587. The van der Waals surface area contributed by atoms with Crippen LogP contribution in [0.25, 0.3) is 0 Å². The molecule has 4 nitrogen and oxygen atoms in total. The van der Waals surface area contributed by atoms with Crippen molar-refractivity contribution < 1.29 is 8.42 Å². The maximum Gasteiger partial charge on any atom is 0.153 e. The third-order valence-electron chi connectivity index (χ3n) is 2.68. The molecular formula is C11H12N2O2S. The third kappa shape index (κ3) is 2.34. The second-order valence-electron chi connectivity index (χ2n) is 3.80. The van der Waals surface area contributed by atoms with Gasteiger partial charge < -0.3 is 4.90 Å². The van der Waals surface area contributed by atoms with Crippen molar-refractivity contribution in [3.05, 3.63) is 29.8 Å². The number of hydrogen-bond acceptors (Lipinski definition) is 4. The van der Waals surface area contributed by atoms with E-state index in [9.17, 15) is 8.42 Å². The molecule has 0 N–H and O–H groups in total. The molecule has 1 aromatic carbocycles. The van der Waals surface area contributed by atoms with E-state index in [1.54, 1.807) is 12.1 Å². The predicted octanol–water partition coefficient (Wildman–Crippen LogP) is 0.793. The summed E-state index contributed by atoms with van der Waals surface area (Å²) in [5.41, 5.74) is 1.53. The Morgan fingerprint density at radius 1 is 1.25 bits per heavy atom. The van der Waals surface area contributed by atoms with E-state index in [1.807, 2.05) is 17.0 Å². The summed E-state index contributed by atoms with van der Waals surface area (Å²) in [5.74, 6) is 0.396. The SMILES string of the molecule is N#Cc1cccc(N2CCS(=O)(=O)CC2)c1. The highest BCUT2D eigenvalue weighted by atomic mass is 32.2. The Balaban J connectivity index is 2.17. The lowest BCUT2D eigenvalue weighted by Gasteiger charge is -2.28. The molecule has 0 saturated carbocycles. The molecule has 0 atom stereocenters. The van der Waals surface area contributed by atoms with Gasteiger partial charge in [0.2, 0.25) is 0 Å². The highest BCUT2D eigenvalue weighted by molar-refractivity contribution is 7.91. The molecule has 16 heavy (non-hydrogen) atoms. The van der Waals surface area contributed by atoms with Gasteiger partial charge in [-0.15, -0.1) is 0 Å². The zero-order chi connectivity index (χ0) is 11.6. The van der Waals surface area contributed by atoms with Gasteiger partial charge in [0, 0.05) is 18.8 Å². The molecule has 0 aromatic heterocycles. The maximum absolute atomic E-state index is 11.3. The normalized spacial score (nSPS) is 19.1. The molecular weight excluding hydrogens is 224 g/mol. The van der Waals surface area contributed by atoms with E-state index in [4.69, 9.17) is 5.26 Å². The van der Waals surface area contributed by atoms with Crippen LogP contribution in [0.3, 0.4) is 0 Å². The first-order valence-electron chi connectivity index (χ1n) is 5.06. The first-order valence-corrected chi connectivity index (χ1v) is 6.88. The number of sulfone groups is 1. The van der Waals surface area contributed by atoms with Crippen molar-refractivity contribution in [3.8, 4) is 6.07 Å². The molecule has 0 amide bonds. The van der Waals surface area contributed by atoms with Gasteiger partial charge in [-0.1, -0.05) is 6.07 Å². The average Bonchev–Trinajstić information content (AvgIpc) is 2.29. The van der Waals surface area contributed by atoms with Crippen molar-refractivity contribution in [2.24, 2.45) is 0 Å². The van der Waals surface area contributed by atoms with Gasteiger partial charge >= 0.3 is 0 Å². The average molecular weight is 236 g/mol. The zero-order valence-electron chi connectivity index (χ0n) is 8.76. The number of hydrogen-bond donors (Lipinski definition) is 0. The predicted molar refractivity (Wildman–Crippen MR) is 62.0 cm³/mol. The highest BCUT2D eigenvalue weighted by Gasteiger charge is 2.21. The Kier molecular flexibility index (Phi) is 2.84. The Hall–Kier alpha value is -1.54. The summed E-state index contributed by atoms with van der Waals surface area (Å²) in [6.45, 7) is 1.02. The quantitative estimate of drug-likeness (QED) is 0.723. The second kappa shape index (κ2) is 4.14. The van der Waals surface area contributed by atoms with Crippen LogP contribution in [0.15, 0.2) is 24.3 Å². The Morgan fingerprint density at radius 3 is 2.56 bits per heavy atom. The van der Waals surface area contributed by atoms with Crippen molar-refractivity contribution in [2.75, 3.05) is 29.5 Å². The Morgan fingerprint density at radius 2 is 1.94 bits per heavy atom. The number of nitriles is 1. The lowest BCUT2D eigenvalue weighted by Crippen LogP contribution is -2.40. The fourth-order valence-electron chi connectivity index (χ4n) is 1.74. The van der Waals surface area contributed by atoms with Gasteiger partial charge in [-0.05, 0) is 18.2 Å². The van der Waals surface area contributed by atoms with Gasteiger partial charge in [-0.2, -0.15) is 5.26 Å². The summed E-state index contributed by atoms with van der Waals surface area (Å²) in [5, 5.41) is 8.78. The fraction of sp³-hybridized carbons (Fsp3) is 0.364. The van der Waals surface area contributed by atoms with Crippen LogP contribution >= 0.6 is 0 Å². The molecule has 5 heteroatoms. The molecule has 84 valence electrons. The standard InChI is InChI=1S/C11H12N2O2S/c12-9-10-2-1-3-11(8-10)13-4-6-16(14,15)7-5-13/h1-3,8H,4-7H2. The smallest absolute Gasteiger partial charge is 0.153 e. The van der Waals surface area contributed by atoms with Gasteiger partial charge in [-0.25, -0.2) is 8.42 Å². The zero-order valence-corrected chi connectivity index (χ0v) is 9.57. The molecule has 2 rings (SSSR count). The number of nitrogens with zero attached hydrogens (tertiary/aromatic N) is 2. The van der Waals surface area contributed by atoms with E-state index in [2.05, 4.69) is 6.07 Å². The lowest BCUT2D eigenvalue weighted by atomic mass is 10.2. The Labute approximate surface area is 95.0 Å². The first kappa shape index (κ1) is 11.0. The molecule has 1 heterocycles. The van der Waals surface area contributed by atoms with Gasteiger partial charge in [0.25, 0.3) is 0 Å². The van der Waals surface area contributed by atoms with Gasteiger partial charge in [0.05, 0.1) is 23.1 Å². The van der Waals surface area contributed by atoms with Gasteiger partial charge in [-0.3, -0.25) is 0 Å². The molecule has 1 aliphatic rings. The van der Waals surface area contributed by atoms with Crippen LogP contribution in [0.5, 0.6) is 0 Å². The van der Waals surface area contributed by atoms with Crippen LogP contribution in [0, 0.1) is 11.3 Å².